The van der Waals surface area contributed by atoms with Crippen molar-refractivity contribution >= 4 is 33.2 Å². The van der Waals surface area contributed by atoms with Crippen molar-refractivity contribution in [3.05, 3.63) is 61.0 Å². The third-order valence-electron chi connectivity index (χ3n) is 5.57. The van der Waals surface area contributed by atoms with Crippen LogP contribution in [-0.4, -0.2) is 9.97 Å². The quantitative estimate of drug-likeness (QED) is 0.620. The molecule has 0 saturated carbocycles. The van der Waals surface area contributed by atoms with Gasteiger partial charge in [0.15, 0.2) is 5.82 Å². The van der Waals surface area contributed by atoms with Crippen LogP contribution in [0, 0.1) is 38.0 Å². The van der Waals surface area contributed by atoms with Gasteiger partial charge in [-0.3, -0.25) is 4.79 Å². The predicted molar refractivity (Wildman–Crippen MR) is 116 cm³/mol. The van der Waals surface area contributed by atoms with Crippen LogP contribution in [0.15, 0.2) is 16.9 Å². The van der Waals surface area contributed by atoms with Crippen LogP contribution in [0.2, 0.25) is 0 Å². The van der Waals surface area contributed by atoms with Gasteiger partial charge in [-0.05, 0) is 74.3 Å². The van der Waals surface area contributed by atoms with Gasteiger partial charge in [0.1, 0.15) is 10.9 Å². The van der Waals surface area contributed by atoms with E-state index in [-0.39, 0.29) is 5.56 Å². The third-order valence-corrected chi connectivity index (χ3v) is 6.72. The topological polar surface area (TPSA) is 69.5 Å². The number of fused-ring (bicyclic) bond motifs is 3. The summed E-state index contributed by atoms with van der Waals surface area (Å²) in [7, 11) is 0. The maximum atomic E-state index is 12.8. The second kappa shape index (κ2) is 7.03. The summed E-state index contributed by atoms with van der Waals surface area (Å²) >= 11 is 1.61. The molecule has 0 spiro atoms. The fourth-order valence-corrected chi connectivity index (χ4v) is 5.58. The van der Waals surface area contributed by atoms with Crippen LogP contribution in [-0.2, 0) is 12.8 Å². The van der Waals surface area contributed by atoms with E-state index < -0.39 is 0 Å². The number of thiophene rings is 1. The molecular formula is C23H23N3OS. The first-order valence-corrected chi connectivity index (χ1v) is 10.4. The molecule has 0 aliphatic heterocycles. The maximum absolute atomic E-state index is 12.8. The molecule has 5 heteroatoms. The molecule has 0 saturated heterocycles. The van der Waals surface area contributed by atoms with Crippen LogP contribution in [0.5, 0.6) is 0 Å². The lowest BCUT2D eigenvalue weighted by Crippen LogP contribution is -2.14. The number of allylic oxidation sites excluding steroid dienone is 1. The lowest BCUT2D eigenvalue weighted by molar-refractivity contribution is 0.509. The molecule has 0 unspecified atom stereocenters. The van der Waals surface area contributed by atoms with E-state index in [0.717, 1.165) is 51.7 Å². The van der Waals surface area contributed by atoms with Gasteiger partial charge in [-0.25, -0.2) is 4.98 Å². The zero-order chi connectivity index (χ0) is 20.0. The summed E-state index contributed by atoms with van der Waals surface area (Å²) in [5, 5.41) is 10.5. The average molecular weight is 390 g/mol. The highest BCUT2D eigenvalue weighted by atomic mass is 32.1. The second-order valence-corrected chi connectivity index (χ2v) is 9.01. The Morgan fingerprint density at radius 1 is 1.32 bits per heavy atom. The van der Waals surface area contributed by atoms with Crippen LogP contribution >= 0.6 is 11.3 Å². The Morgan fingerprint density at radius 2 is 2.04 bits per heavy atom. The van der Waals surface area contributed by atoms with Crippen molar-refractivity contribution in [2.24, 2.45) is 5.92 Å². The average Bonchev–Trinajstić information content (AvgIpc) is 2.98. The number of nitriles is 1. The van der Waals surface area contributed by atoms with Crippen molar-refractivity contribution in [1.29, 1.82) is 5.26 Å². The summed E-state index contributed by atoms with van der Waals surface area (Å²) < 4.78 is 0. The Hall–Kier alpha value is -2.71. The number of H-pyrrole nitrogens is 1. The second-order valence-electron chi connectivity index (χ2n) is 7.93. The summed E-state index contributed by atoms with van der Waals surface area (Å²) in [6, 6.07) is 6.43. The van der Waals surface area contributed by atoms with E-state index in [1.165, 1.54) is 10.4 Å². The largest absolute Gasteiger partial charge is 0.305 e. The minimum atomic E-state index is -0.134. The molecule has 2 heterocycles. The summed E-state index contributed by atoms with van der Waals surface area (Å²) in [4.78, 5) is 22.4. The fraction of sp³-hybridized carbons (Fsp3) is 0.348. The third kappa shape index (κ3) is 3.18. The van der Waals surface area contributed by atoms with E-state index in [1.807, 2.05) is 19.9 Å². The summed E-state index contributed by atoms with van der Waals surface area (Å²) in [6.45, 7) is 8.38. The number of aromatic nitrogens is 2. The number of aryl methyl sites for hydroxylation is 4. The van der Waals surface area contributed by atoms with Crippen molar-refractivity contribution in [2.75, 3.05) is 0 Å². The van der Waals surface area contributed by atoms with Crippen molar-refractivity contribution in [3.63, 3.8) is 0 Å². The van der Waals surface area contributed by atoms with Crippen LogP contribution < -0.4 is 5.56 Å². The molecule has 0 bridgehead atoms. The van der Waals surface area contributed by atoms with Crippen LogP contribution in [0.1, 0.15) is 51.9 Å². The highest BCUT2D eigenvalue weighted by molar-refractivity contribution is 7.18. The molecule has 2 aromatic heterocycles. The molecule has 1 N–H and O–H groups in total. The Kier molecular flexibility index (Phi) is 4.68. The van der Waals surface area contributed by atoms with E-state index >= 15 is 0 Å². The van der Waals surface area contributed by atoms with Gasteiger partial charge >= 0.3 is 0 Å². The van der Waals surface area contributed by atoms with Gasteiger partial charge in [-0.15, -0.1) is 11.3 Å². The SMILES string of the molecule is Cc1cc(C)c(/C=C(/C#N)c2nc3sc4c(c3c(=O)[nH]2)CC[C@H](C)C4)c(C)c1. The molecule has 0 amide bonds. The number of nitrogens with one attached hydrogen (secondary N) is 1. The highest BCUT2D eigenvalue weighted by Crippen LogP contribution is 2.36. The molecular weight excluding hydrogens is 366 g/mol. The standard InChI is InChI=1S/C23H23N3OS/c1-12-5-6-17-19(9-12)28-23-20(17)22(27)25-21(26-23)16(11-24)10-18-14(3)7-13(2)8-15(18)4/h7-8,10,12H,5-6,9H2,1-4H3,(H,25,26,27)/b16-10-/t12-/m0/s1. The first-order valence-electron chi connectivity index (χ1n) is 9.62. The van der Waals surface area contributed by atoms with E-state index in [4.69, 9.17) is 0 Å². The zero-order valence-electron chi connectivity index (χ0n) is 16.6. The molecule has 1 atom stereocenters. The molecule has 142 valence electrons. The molecule has 3 aromatic rings. The Bertz CT molecular complexity index is 1200. The van der Waals surface area contributed by atoms with E-state index in [9.17, 15) is 10.1 Å². The summed E-state index contributed by atoms with van der Waals surface area (Å²) in [6.07, 6.45) is 4.89. The summed E-state index contributed by atoms with van der Waals surface area (Å²) in [5.41, 5.74) is 5.81. The highest BCUT2D eigenvalue weighted by Gasteiger charge is 2.23. The molecule has 4 nitrogen and oxygen atoms in total. The van der Waals surface area contributed by atoms with Gasteiger partial charge in [0.2, 0.25) is 0 Å². The molecule has 0 radical (unpaired) electrons. The van der Waals surface area contributed by atoms with E-state index in [1.54, 1.807) is 11.3 Å². The van der Waals surface area contributed by atoms with E-state index in [0.29, 0.717) is 17.3 Å². The monoisotopic (exact) mass is 389 g/mol. The molecule has 28 heavy (non-hydrogen) atoms. The smallest absolute Gasteiger partial charge is 0.260 e. The first-order chi connectivity index (χ1) is 13.4. The lowest BCUT2D eigenvalue weighted by Gasteiger charge is -2.17. The van der Waals surface area contributed by atoms with Crippen molar-refractivity contribution < 1.29 is 0 Å². The Balaban J connectivity index is 1.86. The minimum Gasteiger partial charge on any atom is -0.305 e. The van der Waals surface area contributed by atoms with Crippen molar-refractivity contribution in [3.8, 4) is 6.07 Å². The van der Waals surface area contributed by atoms with Crippen LogP contribution in [0.25, 0.3) is 21.9 Å². The number of nitrogens with zero attached hydrogens (tertiary/aromatic N) is 2. The van der Waals surface area contributed by atoms with Gasteiger partial charge in [0.05, 0.1) is 11.0 Å². The Labute approximate surface area is 168 Å². The normalized spacial score (nSPS) is 16.8. The molecule has 0 fully saturated rings. The van der Waals surface area contributed by atoms with Crippen molar-refractivity contribution in [2.45, 2.75) is 47.0 Å². The molecule has 1 aliphatic carbocycles. The lowest BCUT2D eigenvalue weighted by atomic mass is 9.89. The molecule has 4 rings (SSSR count). The van der Waals surface area contributed by atoms with Gasteiger partial charge in [0, 0.05) is 4.88 Å². The fourth-order valence-electron chi connectivity index (χ4n) is 4.19. The number of rotatable bonds is 2. The van der Waals surface area contributed by atoms with E-state index in [2.05, 4.69) is 42.0 Å². The van der Waals surface area contributed by atoms with Gasteiger partial charge in [-0.1, -0.05) is 24.6 Å². The van der Waals surface area contributed by atoms with Gasteiger partial charge in [-0.2, -0.15) is 5.26 Å². The van der Waals surface area contributed by atoms with Crippen molar-refractivity contribution in [1.82, 2.24) is 9.97 Å². The first kappa shape index (κ1) is 18.6. The number of hydrogen-bond donors (Lipinski definition) is 1. The number of aromatic amines is 1. The maximum Gasteiger partial charge on any atom is 0.260 e. The van der Waals surface area contributed by atoms with Crippen LogP contribution in [0.4, 0.5) is 0 Å². The van der Waals surface area contributed by atoms with Crippen LogP contribution in [0.3, 0.4) is 0 Å². The summed E-state index contributed by atoms with van der Waals surface area (Å²) in [5.74, 6) is 0.993. The minimum absolute atomic E-state index is 0.134. The van der Waals surface area contributed by atoms with Gasteiger partial charge < -0.3 is 4.98 Å². The number of benzene rings is 1. The van der Waals surface area contributed by atoms with Gasteiger partial charge in [0.25, 0.3) is 5.56 Å². The zero-order valence-corrected chi connectivity index (χ0v) is 17.5. The predicted octanol–water partition coefficient (Wildman–Crippen LogP) is 5.10. The number of hydrogen-bond acceptors (Lipinski definition) is 4. The molecule has 1 aliphatic rings. The molecule has 1 aromatic carbocycles. The Morgan fingerprint density at radius 3 is 2.71 bits per heavy atom.